The van der Waals surface area contributed by atoms with E-state index in [1.807, 2.05) is 37.4 Å². The molecule has 132 valence electrons. The third-order valence-electron chi connectivity index (χ3n) is 3.54. The molecular weight excluding hydrogens is 419 g/mol. The highest BCUT2D eigenvalue weighted by molar-refractivity contribution is 14.0. The van der Waals surface area contributed by atoms with Crippen LogP contribution in [-0.2, 0) is 19.5 Å². The number of aryl methyl sites for hydroxylation is 1. The van der Waals surface area contributed by atoms with E-state index in [0.717, 1.165) is 36.1 Å². The summed E-state index contributed by atoms with van der Waals surface area (Å²) in [6, 6.07) is 9.98. The van der Waals surface area contributed by atoms with Gasteiger partial charge in [-0.15, -0.1) is 24.0 Å². The second-order valence-electron chi connectivity index (χ2n) is 5.24. The fourth-order valence-electron chi connectivity index (χ4n) is 2.24. The van der Waals surface area contributed by atoms with Crippen LogP contribution in [0.3, 0.4) is 0 Å². The molecule has 0 saturated heterocycles. The summed E-state index contributed by atoms with van der Waals surface area (Å²) >= 11 is 0. The largest absolute Gasteiger partial charge is 0.497 e. The SMILES string of the molecule is CCc1cc(CNC(=NC)N(C)Cc2ccc(OC)cc2)on1.I. The van der Waals surface area contributed by atoms with Crippen molar-refractivity contribution in [1.82, 2.24) is 15.4 Å². The Morgan fingerprint density at radius 3 is 2.58 bits per heavy atom. The first kappa shape index (κ1) is 20.3. The number of guanidine groups is 1. The van der Waals surface area contributed by atoms with Gasteiger partial charge in [0.15, 0.2) is 11.7 Å². The zero-order valence-electron chi connectivity index (χ0n) is 14.6. The normalized spacial score (nSPS) is 10.9. The molecule has 0 fully saturated rings. The summed E-state index contributed by atoms with van der Waals surface area (Å²) in [5.41, 5.74) is 2.15. The molecule has 7 heteroatoms. The van der Waals surface area contributed by atoms with Gasteiger partial charge in [0.2, 0.25) is 0 Å². The average molecular weight is 444 g/mol. The molecule has 24 heavy (non-hydrogen) atoms. The summed E-state index contributed by atoms with van der Waals surface area (Å²) in [6.07, 6.45) is 0.871. The lowest BCUT2D eigenvalue weighted by molar-refractivity contribution is 0.371. The Morgan fingerprint density at radius 1 is 1.33 bits per heavy atom. The Labute approximate surface area is 160 Å². The number of nitrogens with zero attached hydrogens (tertiary/aromatic N) is 3. The molecule has 0 aliphatic rings. The molecule has 2 rings (SSSR count). The molecule has 0 aliphatic carbocycles. The number of halogens is 1. The molecule has 1 aromatic carbocycles. The zero-order valence-corrected chi connectivity index (χ0v) is 16.9. The number of benzene rings is 1. The second kappa shape index (κ2) is 10.2. The molecule has 0 amide bonds. The molecule has 6 nitrogen and oxygen atoms in total. The topological polar surface area (TPSA) is 62.9 Å². The van der Waals surface area contributed by atoms with Gasteiger partial charge in [0.1, 0.15) is 5.75 Å². The highest BCUT2D eigenvalue weighted by Gasteiger charge is 2.09. The van der Waals surface area contributed by atoms with Crippen LogP contribution >= 0.6 is 24.0 Å². The fraction of sp³-hybridized carbons (Fsp3) is 0.412. The molecule has 0 aliphatic heterocycles. The van der Waals surface area contributed by atoms with Gasteiger partial charge in [-0.1, -0.05) is 24.2 Å². The van der Waals surface area contributed by atoms with Crippen LogP contribution in [0.5, 0.6) is 5.75 Å². The van der Waals surface area contributed by atoms with Crippen LogP contribution in [0, 0.1) is 0 Å². The fourth-order valence-corrected chi connectivity index (χ4v) is 2.24. The molecule has 0 saturated carbocycles. The van der Waals surface area contributed by atoms with Gasteiger partial charge in [-0.2, -0.15) is 0 Å². The van der Waals surface area contributed by atoms with E-state index in [9.17, 15) is 0 Å². The van der Waals surface area contributed by atoms with Crippen LogP contribution in [0.4, 0.5) is 0 Å². The van der Waals surface area contributed by atoms with E-state index >= 15 is 0 Å². The number of nitrogens with one attached hydrogen (secondary N) is 1. The van der Waals surface area contributed by atoms with E-state index in [0.29, 0.717) is 6.54 Å². The van der Waals surface area contributed by atoms with Gasteiger partial charge in [-0.3, -0.25) is 4.99 Å². The second-order valence-corrected chi connectivity index (χ2v) is 5.24. The lowest BCUT2D eigenvalue weighted by Gasteiger charge is -2.21. The summed E-state index contributed by atoms with van der Waals surface area (Å²) in [5, 5.41) is 7.27. The van der Waals surface area contributed by atoms with Crippen molar-refractivity contribution in [2.75, 3.05) is 21.2 Å². The van der Waals surface area contributed by atoms with Gasteiger partial charge in [0.05, 0.1) is 19.3 Å². The van der Waals surface area contributed by atoms with Crippen molar-refractivity contribution in [3.63, 3.8) is 0 Å². The minimum absolute atomic E-state index is 0. The summed E-state index contributed by atoms with van der Waals surface area (Å²) < 4.78 is 10.4. The number of rotatable bonds is 6. The third-order valence-corrected chi connectivity index (χ3v) is 3.54. The predicted octanol–water partition coefficient (Wildman–Crippen LogP) is 3.07. The van der Waals surface area contributed by atoms with Crippen molar-refractivity contribution in [2.45, 2.75) is 26.4 Å². The maximum atomic E-state index is 5.27. The van der Waals surface area contributed by atoms with Crippen molar-refractivity contribution in [3.8, 4) is 5.75 Å². The number of aromatic nitrogens is 1. The molecule has 1 aromatic heterocycles. The predicted molar refractivity (Wildman–Crippen MR) is 106 cm³/mol. The monoisotopic (exact) mass is 444 g/mol. The van der Waals surface area contributed by atoms with Crippen molar-refractivity contribution in [2.24, 2.45) is 4.99 Å². The average Bonchev–Trinajstić information content (AvgIpc) is 3.04. The van der Waals surface area contributed by atoms with E-state index in [4.69, 9.17) is 9.26 Å². The number of hydrogen-bond donors (Lipinski definition) is 1. The Kier molecular flexibility index (Phi) is 8.59. The van der Waals surface area contributed by atoms with Crippen LogP contribution in [0.1, 0.15) is 23.9 Å². The van der Waals surface area contributed by atoms with Gasteiger partial charge in [0, 0.05) is 26.7 Å². The van der Waals surface area contributed by atoms with Crippen LogP contribution < -0.4 is 10.1 Å². The Hall–Kier alpha value is -1.77. The molecule has 0 radical (unpaired) electrons. The summed E-state index contributed by atoms with van der Waals surface area (Å²) in [7, 11) is 5.43. The third kappa shape index (κ3) is 5.70. The quantitative estimate of drug-likeness (QED) is 0.422. The van der Waals surface area contributed by atoms with Crippen molar-refractivity contribution >= 4 is 29.9 Å². The standard InChI is InChI=1S/C17H24N4O2.HI/c1-5-14-10-16(23-20-14)11-19-17(18-2)21(3)12-13-6-8-15(22-4)9-7-13;/h6-10H,5,11-12H2,1-4H3,(H,18,19);1H. The molecule has 1 N–H and O–H groups in total. The molecule has 1 heterocycles. The van der Waals surface area contributed by atoms with Crippen LogP contribution in [0.25, 0.3) is 0 Å². The summed E-state index contributed by atoms with van der Waals surface area (Å²) in [6.45, 7) is 3.36. The molecular formula is C17H25IN4O2. The van der Waals surface area contributed by atoms with Crippen LogP contribution in [-0.4, -0.2) is 37.2 Å². The number of ether oxygens (including phenoxy) is 1. The highest BCUT2D eigenvalue weighted by Crippen LogP contribution is 2.12. The highest BCUT2D eigenvalue weighted by atomic mass is 127. The number of hydrogen-bond acceptors (Lipinski definition) is 4. The van der Waals surface area contributed by atoms with E-state index in [1.54, 1.807) is 14.2 Å². The van der Waals surface area contributed by atoms with E-state index in [2.05, 4.69) is 27.3 Å². The van der Waals surface area contributed by atoms with Crippen LogP contribution in [0.15, 0.2) is 39.8 Å². The summed E-state index contributed by atoms with van der Waals surface area (Å²) in [5.74, 6) is 2.46. The molecule has 0 atom stereocenters. The minimum Gasteiger partial charge on any atom is -0.497 e. The first-order valence-corrected chi connectivity index (χ1v) is 7.65. The minimum atomic E-state index is 0. The Bertz CT molecular complexity index is 640. The van der Waals surface area contributed by atoms with Gasteiger partial charge in [-0.25, -0.2) is 0 Å². The first-order valence-electron chi connectivity index (χ1n) is 7.65. The maximum absolute atomic E-state index is 5.27. The molecule has 2 aromatic rings. The number of methoxy groups -OCH3 is 1. The van der Waals surface area contributed by atoms with Gasteiger partial charge >= 0.3 is 0 Å². The Balaban J connectivity index is 0.00000288. The zero-order chi connectivity index (χ0) is 16.7. The molecule has 0 unspecified atom stereocenters. The lowest BCUT2D eigenvalue weighted by Crippen LogP contribution is -2.37. The first-order chi connectivity index (χ1) is 11.2. The van der Waals surface area contributed by atoms with Gasteiger partial charge < -0.3 is 19.5 Å². The molecule has 0 spiro atoms. The van der Waals surface area contributed by atoms with E-state index < -0.39 is 0 Å². The molecule has 0 bridgehead atoms. The van der Waals surface area contributed by atoms with Gasteiger partial charge in [-0.05, 0) is 24.1 Å². The van der Waals surface area contributed by atoms with E-state index in [1.165, 1.54) is 5.56 Å². The lowest BCUT2D eigenvalue weighted by atomic mass is 10.2. The van der Waals surface area contributed by atoms with Crippen molar-refractivity contribution in [1.29, 1.82) is 0 Å². The maximum Gasteiger partial charge on any atom is 0.194 e. The number of aliphatic imine (C=N–C) groups is 1. The summed E-state index contributed by atoms with van der Waals surface area (Å²) in [4.78, 5) is 6.36. The van der Waals surface area contributed by atoms with E-state index in [-0.39, 0.29) is 24.0 Å². The van der Waals surface area contributed by atoms with Crippen LogP contribution in [0.2, 0.25) is 0 Å². The Morgan fingerprint density at radius 2 is 2.04 bits per heavy atom. The smallest absolute Gasteiger partial charge is 0.194 e. The van der Waals surface area contributed by atoms with Gasteiger partial charge in [0.25, 0.3) is 0 Å². The van der Waals surface area contributed by atoms with Crippen molar-refractivity contribution < 1.29 is 9.26 Å². The van der Waals surface area contributed by atoms with Crippen molar-refractivity contribution in [3.05, 3.63) is 47.3 Å².